The van der Waals surface area contributed by atoms with E-state index in [2.05, 4.69) is 41.2 Å². The molecule has 2 aromatic rings. The minimum absolute atomic E-state index is 0.0134. The van der Waals surface area contributed by atoms with Gasteiger partial charge in [0.15, 0.2) is 4.34 Å². The predicted molar refractivity (Wildman–Crippen MR) is 120 cm³/mol. The van der Waals surface area contributed by atoms with E-state index in [0.717, 1.165) is 30.8 Å². The fraction of sp³-hybridized carbons (Fsp3) is 0.500. The lowest BCUT2D eigenvalue weighted by atomic mass is 10.2. The molecule has 1 N–H and O–H groups in total. The predicted octanol–water partition coefficient (Wildman–Crippen LogP) is 4.02. The smallest absolute Gasteiger partial charge is 0.234 e. The summed E-state index contributed by atoms with van der Waals surface area (Å²) in [7, 11) is 0. The van der Waals surface area contributed by atoms with E-state index in [1.807, 2.05) is 24.3 Å². The summed E-state index contributed by atoms with van der Waals surface area (Å²) >= 11 is 2.69. The largest absolute Gasteiger partial charge is 0.369 e. The number of nitrogens with zero attached hydrogens (tertiary/aromatic N) is 4. The molecule has 0 unspecified atom stereocenters. The Hall–Kier alpha value is -2.13. The van der Waals surface area contributed by atoms with Crippen molar-refractivity contribution in [2.45, 2.75) is 57.0 Å². The van der Waals surface area contributed by atoms with Gasteiger partial charge in [-0.1, -0.05) is 23.1 Å². The molecular weight excluding hydrogens is 406 g/mol. The second-order valence-corrected chi connectivity index (χ2v) is 9.41. The van der Waals surface area contributed by atoms with E-state index in [0.29, 0.717) is 15.5 Å². The Balaban J connectivity index is 1.52. The van der Waals surface area contributed by atoms with E-state index in [9.17, 15) is 9.59 Å². The Morgan fingerprint density at radius 3 is 2.48 bits per heavy atom. The molecule has 0 saturated heterocycles. The number of benzene rings is 1. The van der Waals surface area contributed by atoms with E-state index in [1.165, 1.54) is 23.1 Å². The summed E-state index contributed by atoms with van der Waals surface area (Å²) in [4.78, 5) is 28.1. The van der Waals surface area contributed by atoms with Gasteiger partial charge in [-0.25, -0.2) is 0 Å². The van der Waals surface area contributed by atoms with Crippen molar-refractivity contribution in [3.63, 3.8) is 0 Å². The van der Waals surface area contributed by atoms with Gasteiger partial charge in [-0.2, -0.15) is 0 Å². The van der Waals surface area contributed by atoms with E-state index < -0.39 is 0 Å². The zero-order chi connectivity index (χ0) is 21.0. The first-order chi connectivity index (χ1) is 13.9. The average molecular weight is 434 g/mol. The number of hydrogen-bond acceptors (Lipinski definition) is 7. The molecule has 2 amide bonds. The van der Waals surface area contributed by atoms with Crippen LogP contribution in [0.4, 0.5) is 16.5 Å². The number of aromatic nitrogens is 2. The van der Waals surface area contributed by atoms with Crippen LogP contribution in [0.2, 0.25) is 0 Å². The molecule has 1 aromatic heterocycles. The van der Waals surface area contributed by atoms with Crippen molar-refractivity contribution in [1.82, 2.24) is 10.2 Å². The van der Waals surface area contributed by atoms with Crippen LogP contribution in [0.15, 0.2) is 28.6 Å². The van der Waals surface area contributed by atoms with Crippen molar-refractivity contribution < 1.29 is 9.59 Å². The first-order valence-electron chi connectivity index (χ1n) is 9.81. The van der Waals surface area contributed by atoms with E-state index in [4.69, 9.17) is 0 Å². The molecule has 1 aromatic carbocycles. The summed E-state index contributed by atoms with van der Waals surface area (Å²) in [6.07, 6.45) is 2.02. The van der Waals surface area contributed by atoms with Gasteiger partial charge in [-0.15, -0.1) is 10.2 Å². The number of carbonyl (C=O) groups is 2. The fourth-order valence-corrected chi connectivity index (χ4v) is 4.90. The van der Waals surface area contributed by atoms with Gasteiger partial charge in [0.25, 0.3) is 0 Å². The van der Waals surface area contributed by atoms with E-state index in [-0.39, 0.29) is 23.6 Å². The zero-order valence-electron chi connectivity index (χ0n) is 17.2. The highest BCUT2D eigenvalue weighted by molar-refractivity contribution is 8.01. The molecule has 1 fully saturated rings. The molecule has 1 aliphatic rings. The molecule has 0 atom stereocenters. The standard InChI is InChI=1S/C20H27N5O2S2/c1-5-24(13(2)3)16-8-6-15(7-9-16)21-18(27)12-28-20-23-22-19(29-20)25(14(4)26)17-10-11-17/h6-9,13,17H,5,10-12H2,1-4H3,(H,21,27). The lowest BCUT2D eigenvalue weighted by Crippen LogP contribution is -2.30. The van der Waals surface area contributed by atoms with Crippen LogP contribution in [0.5, 0.6) is 0 Å². The van der Waals surface area contributed by atoms with Crippen LogP contribution in [-0.2, 0) is 9.59 Å². The van der Waals surface area contributed by atoms with Crippen LogP contribution in [0.25, 0.3) is 0 Å². The van der Waals surface area contributed by atoms with Gasteiger partial charge in [0, 0.05) is 36.9 Å². The Bertz CT molecular complexity index is 849. The van der Waals surface area contributed by atoms with E-state index in [1.54, 1.807) is 11.8 Å². The molecule has 7 nitrogen and oxygen atoms in total. The van der Waals surface area contributed by atoms with Gasteiger partial charge < -0.3 is 10.2 Å². The minimum Gasteiger partial charge on any atom is -0.369 e. The molecule has 1 saturated carbocycles. The molecule has 9 heteroatoms. The maximum absolute atomic E-state index is 12.3. The number of carbonyl (C=O) groups excluding carboxylic acids is 2. The van der Waals surface area contributed by atoms with Crippen LogP contribution < -0.4 is 15.1 Å². The van der Waals surface area contributed by atoms with Crippen LogP contribution >= 0.6 is 23.1 Å². The highest BCUT2D eigenvalue weighted by Crippen LogP contribution is 2.35. The van der Waals surface area contributed by atoms with Gasteiger partial charge in [0.2, 0.25) is 16.9 Å². The molecule has 3 rings (SSSR count). The number of hydrogen-bond donors (Lipinski definition) is 1. The Morgan fingerprint density at radius 2 is 1.93 bits per heavy atom. The molecule has 1 heterocycles. The van der Waals surface area contributed by atoms with Crippen molar-refractivity contribution in [2.24, 2.45) is 0 Å². The summed E-state index contributed by atoms with van der Waals surface area (Å²) in [5.41, 5.74) is 1.91. The Kier molecular flexibility index (Phi) is 7.13. The summed E-state index contributed by atoms with van der Waals surface area (Å²) in [5, 5.41) is 11.8. The van der Waals surface area contributed by atoms with Gasteiger partial charge in [-0.05, 0) is 57.9 Å². The topological polar surface area (TPSA) is 78.4 Å². The van der Waals surface area contributed by atoms with Gasteiger partial charge in [0.05, 0.1) is 5.75 Å². The fourth-order valence-electron chi connectivity index (χ4n) is 3.15. The van der Waals surface area contributed by atoms with Crippen molar-refractivity contribution in [3.05, 3.63) is 24.3 Å². The number of nitrogens with one attached hydrogen (secondary N) is 1. The van der Waals surface area contributed by atoms with Gasteiger partial charge in [0.1, 0.15) is 0 Å². The van der Waals surface area contributed by atoms with Crippen LogP contribution in [0.1, 0.15) is 40.5 Å². The number of anilines is 3. The molecule has 0 spiro atoms. The first kappa shape index (κ1) is 21.6. The highest BCUT2D eigenvalue weighted by atomic mass is 32.2. The first-order valence-corrected chi connectivity index (χ1v) is 11.6. The van der Waals surface area contributed by atoms with Crippen molar-refractivity contribution >= 4 is 51.4 Å². The van der Waals surface area contributed by atoms with Crippen LogP contribution in [0.3, 0.4) is 0 Å². The average Bonchev–Trinajstić information content (AvgIpc) is 3.39. The van der Waals surface area contributed by atoms with Gasteiger partial charge >= 0.3 is 0 Å². The molecule has 29 heavy (non-hydrogen) atoms. The second kappa shape index (κ2) is 9.58. The molecule has 1 aliphatic carbocycles. The molecule has 0 radical (unpaired) electrons. The number of thioether (sulfide) groups is 1. The van der Waals surface area contributed by atoms with Gasteiger partial charge in [-0.3, -0.25) is 14.5 Å². The summed E-state index contributed by atoms with van der Waals surface area (Å²) < 4.78 is 0.688. The zero-order valence-corrected chi connectivity index (χ0v) is 18.8. The van der Waals surface area contributed by atoms with Crippen molar-refractivity contribution in [2.75, 3.05) is 27.4 Å². The normalized spacial score (nSPS) is 13.4. The Morgan fingerprint density at radius 1 is 1.24 bits per heavy atom. The number of amides is 2. The maximum atomic E-state index is 12.3. The SMILES string of the molecule is CCN(c1ccc(NC(=O)CSc2nnc(N(C(C)=O)C3CC3)s2)cc1)C(C)C. The Labute approximate surface area is 179 Å². The molecule has 0 aliphatic heterocycles. The third kappa shape index (κ3) is 5.70. The molecular formula is C20H27N5O2S2. The van der Waals surface area contributed by atoms with Crippen LogP contribution in [0, 0.1) is 0 Å². The van der Waals surface area contributed by atoms with Crippen molar-refractivity contribution in [1.29, 1.82) is 0 Å². The minimum atomic E-state index is -0.0960. The van der Waals surface area contributed by atoms with E-state index >= 15 is 0 Å². The third-order valence-corrected chi connectivity index (χ3v) is 6.68. The second-order valence-electron chi connectivity index (χ2n) is 7.23. The molecule has 0 bridgehead atoms. The summed E-state index contributed by atoms with van der Waals surface area (Å²) in [5.74, 6) is 0.134. The third-order valence-electron chi connectivity index (χ3n) is 4.63. The summed E-state index contributed by atoms with van der Waals surface area (Å²) in [6.45, 7) is 8.94. The van der Waals surface area contributed by atoms with Crippen molar-refractivity contribution in [3.8, 4) is 0 Å². The lowest BCUT2D eigenvalue weighted by molar-refractivity contribution is -0.116. The summed E-state index contributed by atoms with van der Waals surface area (Å²) in [6, 6.07) is 8.57. The highest BCUT2D eigenvalue weighted by Gasteiger charge is 2.34. The molecule has 156 valence electrons. The quantitative estimate of drug-likeness (QED) is 0.475. The monoisotopic (exact) mass is 433 g/mol. The number of rotatable bonds is 9. The lowest BCUT2D eigenvalue weighted by Gasteiger charge is -2.27. The maximum Gasteiger partial charge on any atom is 0.234 e. The van der Waals surface area contributed by atoms with Crippen LogP contribution in [-0.4, -0.2) is 46.4 Å².